The Balaban J connectivity index is 1.66. The predicted molar refractivity (Wildman–Crippen MR) is 84.1 cm³/mol. The molecule has 118 valence electrons. The van der Waals surface area contributed by atoms with Gasteiger partial charge in [0, 0.05) is 11.6 Å². The SMILES string of the molecule is C[C@@H](NC(=O)c1ccc2c(c1)OCC(=O)N2)C1CCCCC1. The molecule has 1 fully saturated rings. The highest BCUT2D eigenvalue weighted by atomic mass is 16.5. The van der Waals surface area contributed by atoms with Crippen molar-refractivity contribution in [3.05, 3.63) is 23.8 Å². The van der Waals surface area contributed by atoms with Gasteiger partial charge in [-0.05, 0) is 43.9 Å². The van der Waals surface area contributed by atoms with Crippen molar-refractivity contribution in [3.63, 3.8) is 0 Å². The van der Waals surface area contributed by atoms with E-state index in [4.69, 9.17) is 4.74 Å². The van der Waals surface area contributed by atoms with E-state index in [2.05, 4.69) is 17.6 Å². The molecule has 22 heavy (non-hydrogen) atoms. The van der Waals surface area contributed by atoms with Crippen molar-refractivity contribution in [3.8, 4) is 5.75 Å². The molecular formula is C17H22N2O3. The van der Waals surface area contributed by atoms with Gasteiger partial charge in [-0.2, -0.15) is 0 Å². The number of nitrogens with one attached hydrogen (secondary N) is 2. The molecule has 5 heteroatoms. The van der Waals surface area contributed by atoms with E-state index in [1.165, 1.54) is 32.1 Å². The van der Waals surface area contributed by atoms with Crippen LogP contribution >= 0.6 is 0 Å². The summed E-state index contributed by atoms with van der Waals surface area (Å²) in [4.78, 5) is 23.6. The van der Waals surface area contributed by atoms with Gasteiger partial charge in [-0.25, -0.2) is 0 Å². The Labute approximate surface area is 130 Å². The highest BCUT2D eigenvalue weighted by molar-refractivity contribution is 5.99. The summed E-state index contributed by atoms with van der Waals surface area (Å²) >= 11 is 0. The van der Waals surface area contributed by atoms with E-state index < -0.39 is 0 Å². The second-order valence-corrected chi connectivity index (χ2v) is 6.21. The standard InChI is InChI=1S/C17H22N2O3/c1-11(12-5-3-2-4-6-12)18-17(21)13-7-8-14-15(9-13)22-10-16(20)19-14/h7-9,11-12H,2-6,10H2,1H3,(H,18,21)(H,19,20)/t11-/m1/s1. The van der Waals surface area contributed by atoms with Crippen LogP contribution in [0.25, 0.3) is 0 Å². The Hall–Kier alpha value is -2.04. The summed E-state index contributed by atoms with van der Waals surface area (Å²) in [6.45, 7) is 2.08. The number of hydrogen-bond donors (Lipinski definition) is 2. The zero-order valence-electron chi connectivity index (χ0n) is 12.9. The van der Waals surface area contributed by atoms with Gasteiger partial charge < -0.3 is 15.4 Å². The van der Waals surface area contributed by atoms with Crippen molar-refractivity contribution in [2.45, 2.75) is 45.1 Å². The molecule has 1 atom stereocenters. The summed E-state index contributed by atoms with van der Waals surface area (Å²) in [5.74, 6) is 0.875. The lowest BCUT2D eigenvalue weighted by molar-refractivity contribution is -0.118. The molecule has 2 amide bonds. The fourth-order valence-corrected chi connectivity index (χ4v) is 3.26. The second-order valence-electron chi connectivity index (χ2n) is 6.21. The summed E-state index contributed by atoms with van der Waals surface area (Å²) in [6.07, 6.45) is 6.22. The van der Waals surface area contributed by atoms with Gasteiger partial charge in [0.15, 0.2) is 6.61 Å². The van der Waals surface area contributed by atoms with E-state index in [1.54, 1.807) is 18.2 Å². The number of anilines is 1. The Morgan fingerprint density at radius 3 is 2.86 bits per heavy atom. The van der Waals surface area contributed by atoms with Crippen LogP contribution in [0.3, 0.4) is 0 Å². The smallest absolute Gasteiger partial charge is 0.262 e. The molecule has 3 rings (SSSR count). The first kappa shape index (κ1) is 14.9. The lowest BCUT2D eigenvalue weighted by Crippen LogP contribution is -2.39. The van der Waals surface area contributed by atoms with Crippen molar-refractivity contribution in [2.75, 3.05) is 11.9 Å². The maximum atomic E-state index is 12.4. The number of amides is 2. The molecular weight excluding hydrogens is 280 g/mol. The highest BCUT2D eigenvalue weighted by Gasteiger charge is 2.23. The highest BCUT2D eigenvalue weighted by Crippen LogP contribution is 2.29. The normalized spacial score (nSPS) is 19.6. The first-order valence-electron chi connectivity index (χ1n) is 8.01. The molecule has 1 aromatic carbocycles. The first-order valence-corrected chi connectivity index (χ1v) is 8.01. The summed E-state index contributed by atoms with van der Waals surface area (Å²) in [5, 5.41) is 5.82. The minimum atomic E-state index is -0.171. The summed E-state index contributed by atoms with van der Waals surface area (Å²) in [5.41, 5.74) is 1.19. The number of carbonyl (C=O) groups excluding carboxylic acids is 2. The summed E-state index contributed by atoms with van der Waals surface area (Å²) in [6, 6.07) is 5.31. The Morgan fingerprint density at radius 1 is 1.32 bits per heavy atom. The second kappa shape index (κ2) is 6.38. The zero-order valence-corrected chi connectivity index (χ0v) is 12.9. The largest absolute Gasteiger partial charge is 0.482 e. The van der Waals surface area contributed by atoms with Crippen LogP contribution in [-0.2, 0) is 4.79 Å². The predicted octanol–water partition coefficient (Wildman–Crippen LogP) is 2.72. The van der Waals surface area contributed by atoms with Crippen LogP contribution in [-0.4, -0.2) is 24.5 Å². The van der Waals surface area contributed by atoms with E-state index in [0.717, 1.165) is 0 Å². The fraction of sp³-hybridized carbons (Fsp3) is 0.529. The van der Waals surface area contributed by atoms with Crippen molar-refractivity contribution < 1.29 is 14.3 Å². The van der Waals surface area contributed by atoms with Crippen molar-refractivity contribution in [1.82, 2.24) is 5.32 Å². The maximum Gasteiger partial charge on any atom is 0.262 e. The molecule has 1 saturated carbocycles. The average molecular weight is 302 g/mol. The van der Waals surface area contributed by atoms with Gasteiger partial charge in [-0.1, -0.05) is 19.3 Å². The van der Waals surface area contributed by atoms with E-state index in [-0.39, 0.29) is 24.5 Å². The minimum absolute atomic E-state index is 0.00342. The van der Waals surface area contributed by atoms with E-state index in [9.17, 15) is 9.59 Å². The van der Waals surface area contributed by atoms with Crippen LogP contribution in [0, 0.1) is 5.92 Å². The molecule has 0 unspecified atom stereocenters. The van der Waals surface area contributed by atoms with Crippen LogP contribution in [0.1, 0.15) is 49.4 Å². The molecule has 2 aliphatic rings. The summed E-state index contributed by atoms with van der Waals surface area (Å²) in [7, 11) is 0. The number of carbonyl (C=O) groups is 2. The average Bonchev–Trinajstić information content (AvgIpc) is 2.55. The molecule has 0 aromatic heterocycles. The van der Waals surface area contributed by atoms with Gasteiger partial charge in [-0.3, -0.25) is 9.59 Å². The number of hydrogen-bond acceptors (Lipinski definition) is 3. The van der Waals surface area contributed by atoms with Crippen LogP contribution in [0.2, 0.25) is 0 Å². The minimum Gasteiger partial charge on any atom is -0.482 e. The third-order valence-electron chi connectivity index (χ3n) is 4.59. The molecule has 1 aromatic rings. The molecule has 1 aliphatic heterocycles. The quantitative estimate of drug-likeness (QED) is 0.902. The summed E-state index contributed by atoms with van der Waals surface area (Å²) < 4.78 is 5.36. The molecule has 5 nitrogen and oxygen atoms in total. The van der Waals surface area contributed by atoms with Crippen LogP contribution < -0.4 is 15.4 Å². The first-order chi connectivity index (χ1) is 10.6. The monoisotopic (exact) mass is 302 g/mol. The molecule has 1 heterocycles. The van der Waals surface area contributed by atoms with Crippen LogP contribution in [0.5, 0.6) is 5.75 Å². The molecule has 1 aliphatic carbocycles. The van der Waals surface area contributed by atoms with Crippen molar-refractivity contribution in [2.24, 2.45) is 5.92 Å². The lowest BCUT2D eigenvalue weighted by atomic mass is 9.84. The number of rotatable bonds is 3. The van der Waals surface area contributed by atoms with Crippen LogP contribution in [0.15, 0.2) is 18.2 Å². The van der Waals surface area contributed by atoms with Gasteiger partial charge >= 0.3 is 0 Å². The molecule has 0 bridgehead atoms. The van der Waals surface area contributed by atoms with E-state index in [1.807, 2.05) is 0 Å². The molecule has 0 spiro atoms. The third-order valence-corrected chi connectivity index (χ3v) is 4.59. The third kappa shape index (κ3) is 3.24. The van der Waals surface area contributed by atoms with Gasteiger partial charge in [0.2, 0.25) is 0 Å². The maximum absolute atomic E-state index is 12.4. The van der Waals surface area contributed by atoms with Crippen molar-refractivity contribution in [1.29, 1.82) is 0 Å². The fourth-order valence-electron chi connectivity index (χ4n) is 3.26. The topological polar surface area (TPSA) is 67.4 Å². The number of benzene rings is 1. The Morgan fingerprint density at radius 2 is 2.09 bits per heavy atom. The Kier molecular flexibility index (Phi) is 4.32. The number of ether oxygens (including phenoxy) is 1. The van der Waals surface area contributed by atoms with Gasteiger partial charge in [0.1, 0.15) is 5.75 Å². The zero-order chi connectivity index (χ0) is 15.5. The molecule has 2 N–H and O–H groups in total. The van der Waals surface area contributed by atoms with E-state index in [0.29, 0.717) is 22.9 Å². The van der Waals surface area contributed by atoms with Gasteiger partial charge in [0.05, 0.1) is 5.69 Å². The van der Waals surface area contributed by atoms with E-state index >= 15 is 0 Å². The molecule has 0 saturated heterocycles. The lowest BCUT2D eigenvalue weighted by Gasteiger charge is -2.28. The molecule has 0 radical (unpaired) electrons. The number of fused-ring (bicyclic) bond motifs is 1. The van der Waals surface area contributed by atoms with Crippen LogP contribution in [0.4, 0.5) is 5.69 Å². The van der Waals surface area contributed by atoms with Crippen molar-refractivity contribution >= 4 is 17.5 Å². The van der Waals surface area contributed by atoms with Gasteiger partial charge in [-0.15, -0.1) is 0 Å². The Bertz CT molecular complexity index is 579. The van der Waals surface area contributed by atoms with Gasteiger partial charge in [0.25, 0.3) is 11.8 Å².